The van der Waals surface area contributed by atoms with Crippen molar-refractivity contribution in [1.29, 1.82) is 0 Å². The van der Waals surface area contributed by atoms with E-state index in [1.807, 2.05) is 30.5 Å². The van der Waals surface area contributed by atoms with Gasteiger partial charge in [-0.1, -0.05) is 12.1 Å². The van der Waals surface area contributed by atoms with E-state index in [-0.39, 0.29) is 11.3 Å². The molecule has 0 amide bonds. The molecule has 0 fully saturated rings. The summed E-state index contributed by atoms with van der Waals surface area (Å²) in [6.07, 6.45) is 4.94. The maximum atomic E-state index is 14.4. The van der Waals surface area contributed by atoms with E-state index in [1.54, 1.807) is 12.3 Å². The monoisotopic (exact) mass is 388 g/mol. The molecular formula is C22H14F2N4O. The number of rotatable bonds is 3. The van der Waals surface area contributed by atoms with Crippen LogP contribution in [0.4, 0.5) is 14.5 Å². The highest BCUT2D eigenvalue weighted by molar-refractivity contribution is 6.17. The number of carbonyl (C=O) groups is 1. The number of hydrogen-bond donors (Lipinski definition) is 3. The van der Waals surface area contributed by atoms with Crippen LogP contribution in [0.25, 0.3) is 33.1 Å². The maximum Gasteiger partial charge on any atom is 0.201 e. The van der Waals surface area contributed by atoms with E-state index in [1.165, 1.54) is 6.20 Å². The Hall–Kier alpha value is -4.00. The van der Waals surface area contributed by atoms with Crippen LogP contribution in [0.5, 0.6) is 0 Å². The molecule has 3 heterocycles. The molecule has 142 valence electrons. The molecular weight excluding hydrogens is 374 g/mol. The fourth-order valence-corrected chi connectivity index (χ4v) is 3.59. The van der Waals surface area contributed by atoms with E-state index in [9.17, 15) is 13.6 Å². The lowest BCUT2D eigenvalue weighted by molar-refractivity contribution is 0.103. The third kappa shape index (κ3) is 2.59. The topological polar surface area (TPSA) is 87.6 Å². The molecule has 3 aromatic heterocycles. The van der Waals surface area contributed by atoms with Gasteiger partial charge in [-0.3, -0.25) is 4.79 Å². The standard InChI is InChI=1S/C22H14F2N4O/c23-16-4-5-17(25)20(24)19(16)21(29)15-10-28-22-14(15)8-11(9-27-22)12-2-1-3-18-13(12)6-7-26-18/h1-10,26H,25H2,(H,27,28). The molecule has 4 N–H and O–H groups in total. The first-order valence-electron chi connectivity index (χ1n) is 8.86. The van der Waals surface area contributed by atoms with Crippen LogP contribution < -0.4 is 5.73 Å². The molecule has 5 nitrogen and oxygen atoms in total. The highest BCUT2D eigenvalue weighted by Crippen LogP contribution is 2.31. The van der Waals surface area contributed by atoms with Crippen LogP contribution in [-0.4, -0.2) is 20.7 Å². The molecule has 0 unspecified atom stereocenters. The van der Waals surface area contributed by atoms with Gasteiger partial charge in [-0.25, -0.2) is 13.8 Å². The lowest BCUT2D eigenvalue weighted by atomic mass is 9.98. The SMILES string of the molecule is Nc1ccc(F)c(C(=O)c2c[nH]c3ncc(-c4cccc5[nH]ccc45)cc23)c1F. The number of nitrogens with one attached hydrogen (secondary N) is 2. The molecule has 0 saturated carbocycles. The summed E-state index contributed by atoms with van der Waals surface area (Å²) in [7, 11) is 0. The second-order valence-electron chi connectivity index (χ2n) is 6.72. The number of pyridine rings is 1. The molecule has 29 heavy (non-hydrogen) atoms. The Morgan fingerprint density at radius 1 is 1.03 bits per heavy atom. The van der Waals surface area contributed by atoms with Crippen LogP contribution in [-0.2, 0) is 0 Å². The highest BCUT2D eigenvalue weighted by atomic mass is 19.1. The first kappa shape index (κ1) is 17.1. The number of aromatic nitrogens is 3. The molecule has 7 heteroatoms. The van der Waals surface area contributed by atoms with Gasteiger partial charge in [-0.15, -0.1) is 0 Å². The number of fused-ring (bicyclic) bond motifs is 2. The minimum Gasteiger partial charge on any atom is -0.396 e. The highest BCUT2D eigenvalue weighted by Gasteiger charge is 2.24. The summed E-state index contributed by atoms with van der Waals surface area (Å²) in [5.74, 6) is -2.82. The number of nitrogens with two attached hydrogens (primary N) is 1. The molecule has 0 aliphatic rings. The number of halogens is 2. The zero-order chi connectivity index (χ0) is 20.1. The second kappa shape index (κ2) is 6.27. The third-order valence-electron chi connectivity index (χ3n) is 5.03. The zero-order valence-electron chi connectivity index (χ0n) is 15.0. The number of benzene rings is 2. The Morgan fingerprint density at radius 3 is 2.76 bits per heavy atom. The first-order valence-corrected chi connectivity index (χ1v) is 8.86. The second-order valence-corrected chi connectivity index (χ2v) is 6.72. The average molecular weight is 388 g/mol. The van der Waals surface area contributed by atoms with E-state index < -0.39 is 23.0 Å². The first-order chi connectivity index (χ1) is 14.0. The average Bonchev–Trinajstić information content (AvgIpc) is 3.37. The van der Waals surface area contributed by atoms with Gasteiger partial charge in [0.25, 0.3) is 0 Å². The van der Waals surface area contributed by atoms with E-state index in [4.69, 9.17) is 5.73 Å². The smallest absolute Gasteiger partial charge is 0.201 e. The van der Waals surface area contributed by atoms with Crippen LogP contribution in [0.3, 0.4) is 0 Å². The lowest BCUT2D eigenvalue weighted by Gasteiger charge is -2.07. The number of nitrogen functional groups attached to an aromatic ring is 1. The minimum absolute atomic E-state index is 0.124. The quantitative estimate of drug-likeness (QED) is 0.306. The van der Waals surface area contributed by atoms with Crippen molar-refractivity contribution in [3.05, 3.63) is 83.8 Å². The summed E-state index contributed by atoms with van der Waals surface area (Å²) in [4.78, 5) is 23.4. The van der Waals surface area contributed by atoms with Crippen molar-refractivity contribution in [2.24, 2.45) is 0 Å². The van der Waals surface area contributed by atoms with E-state index >= 15 is 0 Å². The molecule has 5 aromatic rings. The number of carbonyl (C=O) groups excluding carboxylic acids is 1. The molecule has 0 aliphatic carbocycles. The van der Waals surface area contributed by atoms with Crippen LogP contribution in [0.15, 0.2) is 61.1 Å². The molecule has 0 saturated heterocycles. The van der Waals surface area contributed by atoms with Crippen molar-refractivity contribution in [1.82, 2.24) is 15.0 Å². The molecule has 0 atom stereocenters. The summed E-state index contributed by atoms with van der Waals surface area (Å²) in [6, 6.07) is 11.6. The van der Waals surface area contributed by atoms with Crippen molar-refractivity contribution in [3.8, 4) is 11.1 Å². The predicted molar refractivity (Wildman–Crippen MR) is 108 cm³/mol. The Morgan fingerprint density at radius 2 is 1.90 bits per heavy atom. The van der Waals surface area contributed by atoms with Gasteiger partial charge in [-0.05, 0) is 35.9 Å². The molecule has 0 spiro atoms. The van der Waals surface area contributed by atoms with E-state index in [0.717, 1.165) is 34.2 Å². The summed E-state index contributed by atoms with van der Waals surface area (Å²) in [5.41, 5.74) is 7.81. The van der Waals surface area contributed by atoms with Gasteiger partial charge in [-0.2, -0.15) is 0 Å². The maximum absolute atomic E-state index is 14.4. The van der Waals surface area contributed by atoms with Gasteiger partial charge in [0, 0.05) is 46.0 Å². The van der Waals surface area contributed by atoms with Gasteiger partial charge in [0.15, 0.2) is 5.82 Å². The number of aromatic amines is 2. The molecule has 2 aromatic carbocycles. The van der Waals surface area contributed by atoms with Gasteiger partial charge in [0.2, 0.25) is 5.78 Å². The number of hydrogen-bond acceptors (Lipinski definition) is 3. The Bertz CT molecular complexity index is 1420. The van der Waals surface area contributed by atoms with Gasteiger partial charge >= 0.3 is 0 Å². The number of ketones is 1. The third-order valence-corrected chi connectivity index (χ3v) is 5.03. The summed E-state index contributed by atoms with van der Waals surface area (Å²) in [6.45, 7) is 0. The number of anilines is 1. The largest absolute Gasteiger partial charge is 0.396 e. The van der Waals surface area contributed by atoms with Crippen molar-refractivity contribution in [2.75, 3.05) is 5.73 Å². The van der Waals surface area contributed by atoms with Gasteiger partial charge in [0.05, 0.1) is 11.3 Å². The Kier molecular flexibility index (Phi) is 3.70. The Labute approximate surface area is 163 Å². The predicted octanol–water partition coefficient (Wildman–Crippen LogP) is 4.80. The van der Waals surface area contributed by atoms with E-state index in [2.05, 4.69) is 15.0 Å². The van der Waals surface area contributed by atoms with Gasteiger partial charge < -0.3 is 15.7 Å². The summed E-state index contributed by atoms with van der Waals surface area (Å²) < 4.78 is 28.6. The van der Waals surface area contributed by atoms with Crippen molar-refractivity contribution in [2.45, 2.75) is 0 Å². The molecule has 0 aliphatic heterocycles. The van der Waals surface area contributed by atoms with Gasteiger partial charge in [0.1, 0.15) is 11.5 Å². The molecule has 5 rings (SSSR count). The minimum atomic E-state index is -1.06. The van der Waals surface area contributed by atoms with Crippen molar-refractivity contribution in [3.63, 3.8) is 0 Å². The summed E-state index contributed by atoms with van der Waals surface area (Å²) >= 11 is 0. The van der Waals surface area contributed by atoms with E-state index in [0.29, 0.717) is 11.0 Å². The number of nitrogens with zero attached hydrogens (tertiary/aromatic N) is 1. The van der Waals surface area contributed by atoms with Crippen molar-refractivity contribution < 1.29 is 13.6 Å². The molecule has 0 radical (unpaired) electrons. The fourth-order valence-electron chi connectivity index (χ4n) is 3.59. The van der Waals surface area contributed by atoms with Crippen molar-refractivity contribution >= 4 is 33.4 Å². The Balaban J connectivity index is 1.69. The van der Waals surface area contributed by atoms with Crippen LogP contribution in [0.1, 0.15) is 15.9 Å². The lowest BCUT2D eigenvalue weighted by Crippen LogP contribution is -2.09. The summed E-state index contributed by atoms with van der Waals surface area (Å²) in [5, 5.41) is 1.48. The molecule has 0 bridgehead atoms. The van der Waals surface area contributed by atoms with Crippen LogP contribution >= 0.6 is 0 Å². The van der Waals surface area contributed by atoms with Crippen LogP contribution in [0.2, 0.25) is 0 Å². The fraction of sp³-hybridized carbons (Fsp3) is 0. The normalized spacial score (nSPS) is 11.4. The number of H-pyrrole nitrogens is 2. The zero-order valence-corrected chi connectivity index (χ0v) is 15.0. The van der Waals surface area contributed by atoms with Crippen LogP contribution in [0, 0.1) is 11.6 Å².